The summed E-state index contributed by atoms with van der Waals surface area (Å²) in [5.41, 5.74) is 0. The molecular weight excluding hydrogens is 238 g/mol. The van der Waals surface area contributed by atoms with Crippen molar-refractivity contribution in [3.8, 4) is 0 Å². The second-order valence-electron chi connectivity index (χ2n) is 5.77. The Morgan fingerprint density at radius 1 is 1.32 bits per heavy atom. The third-order valence-electron chi connectivity index (χ3n) is 4.14. The molecule has 0 aromatic carbocycles. The predicted octanol–water partition coefficient (Wildman–Crippen LogP) is 2.15. The Hall–Kier alpha value is -0.870. The normalized spacial score (nSPS) is 22.5. The van der Waals surface area contributed by atoms with E-state index < -0.39 is 0 Å². The number of aliphatic hydroxyl groups excluding tert-OH is 1. The van der Waals surface area contributed by atoms with Crippen LogP contribution in [0.5, 0.6) is 0 Å². The molecule has 0 bridgehead atoms. The summed E-state index contributed by atoms with van der Waals surface area (Å²) in [5.74, 6) is 0.484. The molecule has 2 heterocycles. The summed E-state index contributed by atoms with van der Waals surface area (Å²) in [6.07, 6.45) is 9.86. The van der Waals surface area contributed by atoms with Crippen LogP contribution in [0.3, 0.4) is 0 Å². The largest absolute Gasteiger partial charge is 0.393 e. The number of rotatable bonds is 7. The number of hydrogen-bond acceptors (Lipinski definition) is 3. The van der Waals surface area contributed by atoms with Gasteiger partial charge in [-0.3, -0.25) is 4.68 Å². The third kappa shape index (κ3) is 4.96. The topological polar surface area (TPSA) is 41.3 Å². The summed E-state index contributed by atoms with van der Waals surface area (Å²) in [4.78, 5) is 2.52. The number of unbranched alkanes of at least 4 members (excludes halogenated alkanes) is 2. The summed E-state index contributed by atoms with van der Waals surface area (Å²) in [5, 5.41) is 13.9. The second-order valence-corrected chi connectivity index (χ2v) is 5.77. The summed E-state index contributed by atoms with van der Waals surface area (Å²) < 4.78 is 2.00. The van der Waals surface area contributed by atoms with Crippen LogP contribution in [0.15, 0.2) is 18.5 Å². The van der Waals surface area contributed by atoms with Gasteiger partial charge in [-0.15, -0.1) is 0 Å². The Morgan fingerprint density at radius 3 is 2.89 bits per heavy atom. The van der Waals surface area contributed by atoms with E-state index in [0.29, 0.717) is 5.92 Å². The van der Waals surface area contributed by atoms with Crippen LogP contribution < -0.4 is 0 Å². The molecule has 2 unspecified atom stereocenters. The maximum Gasteiger partial charge on any atom is 0.0552 e. The highest BCUT2D eigenvalue weighted by Crippen LogP contribution is 2.20. The molecule has 1 saturated heterocycles. The van der Waals surface area contributed by atoms with Crippen molar-refractivity contribution in [3.05, 3.63) is 18.5 Å². The molecule has 1 N–H and O–H groups in total. The lowest BCUT2D eigenvalue weighted by Crippen LogP contribution is -2.39. The zero-order chi connectivity index (χ0) is 13.5. The van der Waals surface area contributed by atoms with Gasteiger partial charge in [0.1, 0.15) is 0 Å². The van der Waals surface area contributed by atoms with Gasteiger partial charge in [-0.2, -0.15) is 5.10 Å². The van der Waals surface area contributed by atoms with Crippen molar-refractivity contribution in [2.45, 2.75) is 51.7 Å². The SMILES string of the molecule is CC(O)C1CCCN(CCCCCn2cccn2)C1. The molecule has 4 heteroatoms. The Balaban J connectivity index is 1.55. The van der Waals surface area contributed by atoms with E-state index in [-0.39, 0.29) is 6.10 Å². The van der Waals surface area contributed by atoms with Crippen LogP contribution in [-0.2, 0) is 6.54 Å². The lowest BCUT2D eigenvalue weighted by atomic mass is 9.93. The Kier molecular flexibility index (Phi) is 5.86. The number of piperidine rings is 1. The summed E-state index contributed by atoms with van der Waals surface area (Å²) in [6.45, 7) is 6.43. The van der Waals surface area contributed by atoms with Gasteiger partial charge >= 0.3 is 0 Å². The minimum Gasteiger partial charge on any atom is -0.393 e. The Labute approximate surface area is 116 Å². The third-order valence-corrected chi connectivity index (χ3v) is 4.14. The molecule has 4 nitrogen and oxygen atoms in total. The number of likely N-dealkylation sites (tertiary alicyclic amines) is 1. The van der Waals surface area contributed by atoms with Crippen LogP contribution >= 0.6 is 0 Å². The fraction of sp³-hybridized carbons (Fsp3) is 0.800. The van der Waals surface area contributed by atoms with E-state index in [4.69, 9.17) is 0 Å². The van der Waals surface area contributed by atoms with Gasteiger partial charge in [-0.25, -0.2) is 0 Å². The van der Waals surface area contributed by atoms with Gasteiger partial charge in [-0.1, -0.05) is 6.42 Å². The zero-order valence-electron chi connectivity index (χ0n) is 12.0. The number of aryl methyl sites for hydroxylation is 1. The van der Waals surface area contributed by atoms with Crippen molar-refractivity contribution in [2.75, 3.05) is 19.6 Å². The quantitative estimate of drug-likeness (QED) is 0.768. The standard InChI is InChI=1S/C15H27N3O/c1-14(19)15-7-5-10-17(13-15)9-3-2-4-11-18-12-6-8-16-18/h6,8,12,14-15,19H,2-5,7,9-11,13H2,1H3. The Bertz CT molecular complexity index is 337. The highest BCUT2D eigenvalue weighted by molar-refractivity contribution is 4.78. The smallest absolute Gasteiger partial charge is 0.0552 e. The molecule has 1 aliphatic rings. The lowest BCUT2D eigenvalue weighted by molar-refractivity contribution is 0.0622. The molecule has 19 heavy (non-hydrogen) atoms. The average molecular weight is 265 g/mol. The summed E-state index contributed by atoms with van der Waals surface area (Å²) in [7, 11) is 0. The van der Waals surface area contributed by atoms with E-state index in [9.17, 15) is 5.11 Å². The Morgan fingerprint density at radius 2 is 2.16 bits per heavy atom. The molecule has 2 atom stereocenters. The molecular formula is C15H27N3O. The van der Waals surface area contributed by atoms with E-state index in [1.54, 1.807) is 0 Å². The minimum absolute atomic E-state index is 0.150. The molecule has 2 rings (SSSR count). The number of aliphatic hydroxyl groups is 1. The molecule has 1 aromatic heterocycles. The molecule has 0 saturated carbocycles. The fourth-order valence-corrected chi connectivity index (χ4v) is 2.91. The molecule has 0 spiro atoms. The maximum absolute atomic E-state index is 9.67. The van der Waals surface area contributed by atoms with Crippen molar-refractivity contribution >= 4 is 0 Å². The van der Waals surface area contributed by atoms with E-state index in [1.165, 1.54) is 45.2 Å². The minimum atomic E-state index is -0.150. The van der Waals surface area contributed by atoms with Crippen LogP contribution in [0.2, 0.25) is 0 Å². The van der Waals surface area contributed by atoms with Gasteiger partial charge in [-0.05, 0) is 57.7 Å². The predicted molar refractivity (Wildman–Crippen MR) is 76.9 cm³/mol. The van der Waals surface area contributed by atoms with Gasteiger partial charge in [0.25, 0.3) is 0 Å². The molecule has 0 amide bonds. The summed E-state index contributed by atoms with van der Waals surface area (Å²) >= 11 is 0. The van der Waals surface area contributed by atoms with Gasteiger partial charge in [0, 0.05) is 25.5 Å². The van der Waals surface area contributed by atoms with Crippen molar-refractivity contribution in [2.24, 2.45) is 5.92 Å². The summed E-state index contributed by atoms with van der Waals surface area (Å²) in [6, 6.07) is 1.98. The monoisotopic (exact) mass is 265 g/mol. The van der Waals surface area contributed by atoms with Crippen molar-refractivity contribution < 1.29 is 5.11 Å². The van der Waals surface area contributed by atoms with E-state index in [0.717, 1.165) is 13.1 Å². The first-order chi connectivity index (χ1) is 9.25. The molecule has 1 aliphatic heterocycles. The molecule has 0 aliphatic carbocycles. The number of hydrogen-bond donors (Lipinski definition) is 1. The average Bonchev–Trinajstić information content (AvgIpc) is 2.92. The van der Waals surface area contributed by atoms with Crippen molar-refractivity contribution in [1.29, 1.82) is 0 Å². The molecule has 1 aromatic rings. The highest BCUT2D eigenvalue weighted by atomic mass is 16.3. The molecule has 1 fully saturated rings. The number of nitrogens with zero attached hydrogens (tertiary/aromatic N) is 3. The highest BCUT2D eigenvalue weighted by Gasteiger charge is 2.22. The van der Waals surface area contributed by atoms with Crippen LogP contribution in [0.25, 0.3) is 0 Å². The lowest BCUT2D eigenvalue weighted by Gasteiger charge is -2.34. The van der Waals surface area contributed by atoms with Crippen LogP contribution in [0.4, 0.5) is 0 Å². The van der Waals surface area contributed by atoms with Crippen LogP contribution in [0, 0.1) is 5.92 Å². The van der Waals surface area contributed by atoms with Crippen molar-refractivity contribution in [3.63, 3.8) is 0 Å². The zero-order valence-corrected chi connectivity index (χ0v) is 12.0. The van der Waals surface area contributed by atoms with Crippen LogP contribution in [0.1, 0.15) is 39.0 Å². The van der Waals surface area contributed by atoms with Gasteiger partial charge in [0.2, 0.25) is 0 Å². The fourth-order valence-electron chi connectivity index (χ4n) is 2.91. The van der Waals surface area contributed by atoms with E-state index >= 15 is 0 Å². The first-order valence-electron chi connectivity index (χ1n) is 7.63. The van der Waals surface area contributed by atoms with Gasteiger partial charge < -0.3 is 10.0 Å². The number of aromatic nitrogens is 2. The van der Waals surface area contributed by atoms with Gasteiger partial charge in [0.05, 0.1) is 6.10 Å². The maximum atomic E-state index is 9.67. The van der Waals surface area contributed by atoms with Gasteiger partial charge in [0.15, 0.2) is 0 Å². The first-order valence-corrected chi connectivity index (χ1v) is 7.63. The van der Waals surface area contributed by atoms with Crippen molar-refractivity contribution in [1.82, 2.24) is 14.7 Å². The van der Waals surface area contributed by atoms with Crippen LogP contribution in [-0.4, -0.2) is 45.5 Å². The molecule has 0 radical (unpaired) electrons. The van der Waals surface area contributed by atoms with E-state index in [2.05, 4.69) is 10.00 Å². The molecule has 108 valence electrons. The first kappa shape index (κ1) is 14.5. The second kappa shape index (κ2) is 7.65. The van der Waals surface area contributed by atoms with E-state index in [1.807, 2.05) is 30.1 Å².